The number of aromatic amines is 1. The number of phenolic OH excluding ortho intramolecular Hbond substituents is 1. The lowest BCUT2D eigenvalue weighted by molar-refractivity contribution is 0.480. The van der Waals surface area contributed by atoms with Crippen LogP contribution < -0.4 is 5.73 Å². The number of aromatic hydroxyl groups is 1. The van der Waals surface area contributed by atoms with Crippen LogP contribution >= 0.6 is 0 Å². The van der Waals surface area contributed by atoms with Gasteiger partial charge >= 0.3 is 0 Å². The summed E-state index contributed by atoms with van der Waals surface area (Å²) in [6.07, 6.45) is 0. The van der Waals surface area contributed by atoms with Gasteiger partial charge in [-0.3, -0.25) is 10.5 Å². The van der Waals surface area contributed by atoms with Crippen molar-refractivity contribution in [3.05, 3.63) is 18.2 Å². The van der Waals surface area contributed by atoms with Crippen LogP contribution in [0.15, 0.2) is 18.2 Å². The van der Waals surface area contributed by atoms with Crippen molar-refractivity contribution in [3.8, 4) is 5.75 Å². The molecule has 0 saturated carbocycles. The van der Waals surface area contributed by atoms with Gasteiger partial charge < -0.3 is 15.9 Å². The molecule has 6 N–H and O–H groups in total. The Morgan fingerprint density at radius 1 is 1.50 bits per heavy atom. The van der Waals surface area contributed by atoms with Crippen LogP contribution in [0.3, 0.4) is 0 Å². The van der Waals surface area contributed by atoms with Gasteiger partial charge in [0.1, 0.15) is 5.75 Å². The average Bonchev–Trinajstić information content (AvgIpc) is 2.52. The zero-order chi connectivity index (χ0) is 10.6. The number of H-pyrrole nitrogens is 1. The van der Waals surface area contributed by atoms with Crippen LogP contribution in [0.1, 0.15) is 0 Å². The van der Waals surface area contributed by atoms with E-state index in [1.165, 1.54) is 0 Å². The fourth-order valence-electron chi connectivity index (χ4n) is 0.856. The third-order valence-electron chi connectivity index (χ3n) is 1.34. The van der Waals surface area contributed by atoms with Crippen LogP contribution in [0.5, 0.6) is 5.75 Å². The van der Waals surface area contributed by atoms with E-state index in [-0.39, 0.29) is 5.75 Å². The second kappa shape index (κ2) is 4.08. The zero-order valence-corrected chi connectivity index (χ0v) is 7.10. The average molecular weight is 195 g/mol. The third-order valence-corrected chi connectivity index (χ3v) is 1.34. The SMILES string of the molecule is N=C(N)O.Oc1cccc2[nH]nnc12. The largest absolute Gasteiger partial charge is 0.506 e. The summed E-state index contributed by atoms with van der Waals surface area (Å²) in [6, 6.07) is 4.28. The molecule has 7 nitrogen and oxygen atoms in total. The van der Waals surface area contributed by atoms with Crippen LogP contribution in [-0.2, 0) is 0 Å². The highest BCUT2D eigenvalue weighted by molar-refractivity contribution is 5.79. The number of benzene rings is 1. The molecular formula is C7H9N5O2. The normalized spacial score (nSPS) is 9.14. The number of nitrogens with zero attached hydrogens (tertiary/aromatic N) is 2. The Labute approximate surface area is 78.7 Å². The molecule has 7 heteroatoms. The van der Waals surface area contributed by atoms with E-state index in [1.807, 2.05) is 0 Å². The first-order chi connectivity index (χ1) is 6.61. The van der Waals surface area contributed by atoms with Crippen LogP contribution in [0.25, 0.3) is 11.0 Å². The first-order valence-corrected chi connectivity index (χ1v) is 3.63. The number of hydrogen-bond acceptors (Lipinski definition) is 4. The van der Waals surface area contributed by atoms with E-state index in [4.69, 9.17) is 15.6 Å². The minimum Gasteiger partial charge on any atom is -0.506 e. The Morgan fingerprint density at radius 3 is 2.71 bits per heavy atom. The smallest absolute Gasteiger partial charge is 0.276 e. The van der Waals surface area contributed by atoms with Crippen molar-refractivity contribution < 1.29 is 10.2 Å². The van der Waals surface area contributed by atoms with Gasteiger partial charge in [0.2, 0.25) is 0 Å². The molecule has 74 valence electrons. The topological polar surface area (TPSA) is 132 Å². The van der Waals surface area contributed by atoms with Crippen LogP contribution in [0.4, 0.5) is 0 Å². The summed E-state index contributed by atoms with van der Waals surface area (Å²) < 4.78 is 0. The molecule has 2 rings (SSSR count). The van der Waals surface area contributed by atoms with Crippen LogP contribution in [0, 0.1) is 5.41 Å². The Hall–Kier alpha value is -2.31. The maximum atomic E-state index is 9.14. The number of aliphatic hydroxyl groups is 1. The maximum absolute atomic E-state index is 9.14. The number of aliphatic hydroxyl groups excluding tert-OH is 1. The Bertz CT molecular complexity index is 434. The summed E-state index contributed by atoms with van der Waals surface area (Å²) in [6.45, 7) is 0. The monoisotopic (exact) mass is 195 g/mol. The number of nitrogens with two attached hydrogens (primary N) is 1. The molecule has 0 aliphatic heterocycles. The van der Waals surface area contributed by atoms with E-state index in [1.54, 1.807) is 18.2 Å². The van der Waals surface area contributed by atoms with Crippen molar-refractivity contribution in [3.63, 3.8) is 0 Å². The van der Waals surface area contributed by atoms with Crippen molar-refractivity contribution in [1.29, 1.82) is 5.41 Å². The van der Waals surface area contributed by atoms with Gasteiger partial charge in [0.05, 0.1) is 5.52 Å². The quantitative estimate of drug-likeness (QED) is 0.300. The molecular weight excluding hydrogens is 186 g/mol. The van der Waals surface area contributed by atoms with Gasteiger partial charge in [0, 0.05) is 0 Å². The lowest BCUT2D eigenvalue weighted by atomic mass is 10.3. The van der Waals surface area contributed by atoms with Crippen molar-refractivity contribution in [2.24, 2.45) is 5.73 Å². The van der Waals surface area contributed by atoms with E-state index in [2.05, 4.69) is 21.1 Å². The predicted molar refractivity (Wildman–Crippen MR) is 50.1 cm³/mol. The Morgan fingerprint density at radius 2 is 2.14 bits per heavy atom. The molecule has 2 aromatic rings. The molecule has 0 unspecified atom stereocenters. The number of aromatic nitrogens is 3. The molecule has 0 aliphatic rings. The molecule has 0 atom stereocenters. The molecule has 0 spiro atoms. The highest BCUT2D eigenvalue weighted by Crippen LogP contribution is 2.18. The van der Waals surface area contributed by atoms with Crippen molar-refractivity contribution in [1.82, 2.24) is 15.4 Å². The Kier molecular flexibility index (Phi) is 2.85. The van der Waals surface area contributed by atoms with Crippen molar-refractivity contribution in [2.75, 3.05) is 0 Å². The van der Waals surface area contributed by atoms with Gasteiger partial charge in [-0.1, -0.05) is 11.3 Å². The van der Waals surface area contributed by atoms with E-state index < -0.39 is 6.02 Å². The van der Waals surface area contributed by atoms with Gasteiger partial charge in [-0.05, 0) is 12.1 Å². The molecule has 0 saturated heterocycles. The molecule has 0 aliphatic carbocycles. The molecule has 0 bridgehead atoms. The maximum Gasteiger partial charge on any atom is 0.276 e. The second-order valence-electron chi connectivity index (χ2n) is 2.37. The molecule has 1 aromatic carbocycles. The molecule has 1 aromatic heterocycles. The standard InChI is InChI=1S/C6H5N3O.CH4N2O/c10-5-3-1-2-4-6(5)8-9-7-4;2-1(3)4/h1-3,10H,(H,7,8,9);(H4,2,3,4). The van der Waals surface area contributed by atoms with Gasteiger partial charge in [-0.2, -0.15) is 0 Å². The fourth-order valence-corrected chi connectivity index (χ4v) is 0.856. The minimum absolute atomic E-state index is 0.159. The van der Waals surface area contributed by atoms with E-state index in [9.17, 15) is 0 Å². The molecule has 14 heavy (non-hydrogen) atoms. The van der Waals surface area contributed by atoms with Gasteiger partial charge in [0.25, 0.3) is 6.02 Å². The van der Waals surface area contributed by atoms with Crippen molar-refractivity contribution in [2.45, 2.75) is 0 Å². The molecule has 0 fully saturated rings. The van der Waals surface area contributed by atoms with Gasteiger partial charge in [-0.25, -0.2) is 0 Å². The number of nitrogens with one attached hydrogen (secondary N) is 2. The van der Waals surface area contributed by atoms with Gasteiger partial charge in [-0.15, -0.1) is 5.10 Å². The number of fused-ring (bicyclic) bond motifs is 1. The summed E-state index contributed by atoms with van der Waals surface area (Å²) >= 11 is 0. The lowest BCUT2D eigenvalue weighted by Crippen LogP contribution is -2.05. The second-order valence-corrected chi connectivity index (χ2v) is 2.37. The summed E-state index contributed by atoms with van der Waals surface area (Å²) in [5.74, 6) is 0.159. The highest BCUT2D eigenvalue weighted by Gasteiger charge is 1.99. The number of rotatable bonds is 0. The van der Waals surface area contributed by atoms with E-state index in [0.717, 1.165) is 5.52 Å². The minimum atomic E-state index is -0.833. The lowest BCUT2D eigenvalue weighted by Gasteiger charge is -1.87. The summed E-state index contributed by atoms with van der Waals surface area (Å²) in [4.78, 5) is 0. The first kappa shape index (κ1) is 9.78. The summed E-state index contributed by atoms with van der Waals surface area (Å²) in [5.41, 5.74) is 5.52. The predicted octanol–water partition coefficient (Wildman–Crippen LogP) is 0.101. The number of hydrogen-bond donors (Lipinski definition) is 5. The van der Waals surface area contributed by atoms with Crippen LogP contribution in [-0.4, -0.2) is 31.6 Å². The molecule has 0 radical (unpaired) electrons. The van der Waals surface area contributed by atoms with E-state index in [0.29, 0.717) is 5.52 Å². The number of amidine groups is 1. The summed E-state index contributed by atoms with van der Waals surface area (Å²) in [5, 5.41) is 32.2. The fraction of sp³-hybridized carbons (Fsp3) is 0. The van der Waals surface area contributed by atoms with Crippen LogP contribution in [0.2, 0.25) is 0 Å². The highest BCUT2D eigenvalue weighted by atomic mass is 16.3. The third kappa shape index (κ3) is 2.34. The Balaban J connectivity index is 0.000000213. The van der Waals surface area contributed by atoms with E-state index >= 15 is 0 Å². The zero-order valence-electron chi connectivity index (χ0n) is 7.10. The number of phenols is 1. The molecule has 1 heterocycles. The van der Waals surface area contributed by atoms with Gasteiger partial charge in [0.15, 0.2) is 5.52 Å². The molecule has 0 amide bonds. The van der Waals surface area contributed by atoms with Crippen molar-refractivity contribution >= 4 is 17.1 Å². The first-order valence-electron chi connectivity index (χ1n) is 3.63. The summed E-state index contributed by atoms with van der Waals surface area (Å²) in [7, 11) is 0.